The molecule has 0 rings (SSSR count). The van der Waals surface area contributed by atoms with Crippen LogP contribution in [0, 0.1) is 11.8 Å². The van der Waals surface area contributed by atoms with Gasteiger partial charge in [-0.25, -0.2) is 0 Å². The van der Waals surface area contributed by atoms with E-state index in [9.17, 15) is 14.4 Å². The lowest BCUT2D eigenvalue weighted by Crippen LogP contribution is -2.30. The van der Waals surface area contributed by atoms with E-state index in [2.05, 4.69) is 34.6 Å². The van der Waals surface area contributed by atoms with Gasteiger partial charge in [0.2, 0.25) is 0 Å². The Balaban J connectivity index is 4.28. The number of rotatable bonds is 42. The van der Waals surface area contributed by atoms with Crippen LogP contribution in [0.4, 0.5) is 0 Å². The molecule has 0 fully saturated rings. The standard InChI is InChI=1S/C48H92O6/c1-6-7-8-9-10-16-25-30-35-40-48(51)54-45(42-53-47(50)39-34-29-24-20-15-18-22-27-32-37-44(4)5)41-52-46(49)38-33-28-23-19-14-12-11-13-17-21-26-31-36-43(2)3/h43-45H,6-42H2,1-5H3/t45-/m0/s1. The number of carbonyl (C=O) groups is 3. The number of hydrogen-bond donors (Lipinski definition) is 0. The minimum absolute atomic E-state index is 0.0647. The van der Waals surface area contributed by atoms with Crippen LogP contribution < -0.4 is 0 Å². The number of hydrogen-bond acceptors (Lipinski definition) is 6. The summed E-state index contributed by atoms with van der Waals surface area (Å²) in [6.45, 7) is 11.3. The van der Waals surface area contributed by atoms with E-state index in [1.165, 1.54) is 148 Å². The fourth-order valence-corrected chi connectivity index (χ4v) is 7.11. The highest BCUT2D eigenvalue weighted by atomic mass is 16.6. The highest BCUT2D eigenvalue weighted by molar-refractivity contribution is 5.71. The van der Waals surface area contributed by atoms with Crippen molar-refractivity contribution < 1.29 is 28.6 Å². The Morgan fingerprint density at radius 3 is 0.907 bits per heavy atom. The van der Waals surface area contributed by atoms with E-state index >= 15 is 0 Å². The second-order valence-electron chi connectivity index (χ2n) is 17.3. The average molecular weight is 765 g/mol. The largest absolute Gasteiger partial charge is 0.462 e. The summed E-state index contributed by atoms with van der Waals surface area (Å²) in [4.78, 5) is 37.7. The molecule has 0 bridgehead atoms. The zero-order valence-electron chi connectivity index (χ0n) is 36.8. The van der Waals surface area contributed by atoms with Crippen LogP contribution in [0.2, 0.25) is 0 Å². The van der Waals surface area contributed by atoms with E-state index in [0.29, 0.717) is 19.3 Å². The van der Waals surface area contributed by atoms with Gasteiger partial charge in [0.05, 0.1) is 0 Å². The normalized spacial score (nSPS) is 12.1. The maximum absolute atomic E-state index is 12.7. The molecule has 0 amide bonds. The van der Waals surface area contributed by atoms with Crippen LogP contribution in [-0.4, -0.2) is 37.2 Å². The minimum atomic E-state index is -0.760. The Bertz CT molecular complexity index is 824. The number of unbranched alkanes of at least 4 members (excludes halogenated alkanes) is 27. The van der Waals surface area contributed by atoms with E-state index in [1.807, 2.05) is 0 Å². The van der Waals surface area contributed by atoms with E-state index in [-0.39, 0.29) is 31.1 Å². The average Bonchev–Trinajstić information content (AvgIpc) is 3.14. The van der Waals surface area contributed by atoms with E-state index < -0.39 is 6.10 Å². The van der Waals surface area contributed by atoms with Gasteiger partial charge in [0.1, 0.15) is 13.2 Å². The Kier molecular flexibility index (Phi) is 39.8. The van der Waals surface area contributed by atoms with Crippen LogP contribution in [0.25, 0.3) is 0 Å². The van der Waals surface area contributed by atoms with Crippen LogP contribution in [0.3, 0.4) is 0 Å². The van der Waals surface area contributed by atoms with E-state index in [0.717, 1.165) is 69.6 Å². The highest BCUT2D eigenvalue weighted by Gasteiger charge is 2.19. The SMILES string of the molecule is CCCCCCCCCCCC(=O)O[C@@H](COC(=O)CCCCCCCCCCCCCCC(C)C)COC(=O)CCCCCCCCCCCC(C)C. The topological polar surface area (TPSA) is 78.9 Å². The molecule has 0 aromatic heterocycles. The molecule has 54 heavy (non-hydrogen) atoms. The monoisotopic (exact) mass is 765 g/mol. The predicted octanol–water partition coefficient (Wildman–Crippen LogP) is 15.0. The minimum Gasteiger partial charge on any atom is -0.462 e. The van der Waals surface area contributed by atoms with Crippen LogP contribution in [0.5, 0.6) is 0 Å². The van der Waals surface area contributed by atoms with Gasteiger partial charge in [0.15, 0.2) is 6.10 Å². The van der Waals surface area contributed by atoms with Crippen LogP contribution in [0.15, 0.2) is 0 Å². The van der Waals surface area contributed by atoms with Gasteiger partial charge in [-0.1, -0.05) is 221 Å². The molecule has 0 heterocycles. The molecule has 0 unspecified atom stereocenters. The zero-order valence-corrected chi connectivity index (χ0v) is 36.8. The van der Waals surface area contributed by atoms with Gasteiger partial charge in [-0.2, -0.15) is 0 Å². The van der Waals surface area contributed by atoms with Gasteiger partial charge < -0.3 is 14.2 Å². The molecule has 6 heteroatoms. The van der Waals surface area contributed by atoms with Crippen molar-refractivity contribution in [1.82, 2.24) is 0 Å². The number of esters is 3. The molecule has 0 saturated heterocycles. The first-order valence-corrected chi connectivity index (χ1v) is 23.7. The van der Waals surface area contributed by atoms with Gasteiger partial charge in [-0.05, 0) is 31.1 Å². The third-order valence-electron chi connectivity index (χ3n) is 10.7. The molecular weight excluding hydrogens is 673 g/mol. The molecule has 1 atom stereocenters. The third kappa shape index (κ3) is 41.6. The smallest absolute Gasteiger partial charge is 0.306 e. The molecule has 0 spiro atoms. The summed E-state index contributed by atoms with van der Waals surface area (Å²) in [5.41, 5.74) is 0. The maximum Gasteiger partial charge on any atom is 0.306 e. The third-order valence-corrected chi connectivity index (χ3v) is 10.7. The lowest BCUT2D eigenvalue weighted by molar-refractivity contribution is -0.167. The van der Waals surface area contributed by atoms with Gasteiger partial charge in [0, 0.05) is 19.3 Å². The van der Waals surface area contributed by atoms with Crippen LogP contribution in [-0.2, 0) is 28.6 Å². The van der Waals surface area contributed by atoms with Crippen LogP contribution in [0.1, 0.15) is 259 Å². The molecule has 0 N–H and O–H groups in total. The van der Waals surface area contributed by atoms with Crippen molar-refractivity contribution in [2.75, 3.05) is 13.2 Å². The molecule has 0 aromatic carbocycles. The fourth-order valence-electron chi connectivity index (χ4n) is 7.11. The van der Waals surface area contributed by atoms with Crippen molar-refractivity contribution >= 4 is 17.9 Å². The summed E-state index contributed by atoms with van der Waals surface area (Å²) in [6.07, 6.45) is 39.5. The fraction of sp³-hybridized carbons (Fsp3) is 0.938. The summed E-state index contributed by atoms with van der Waals surface area (Å²) in [6, 6.07) is 0. The summed E-state index contributed by atoms with van der Waals surface area (Å²) in [5.74, 6) is 0.785. The number of carbonyl (C=O) groups excluding carboxylic acids is 3. The van der Waals surface area contributed by atoms with E-state index in [1.54, 1.807) is 0 Å². The quantitative estimate of drug-likeness (QED) is 0.0350. The lowest BCUT2D eigenvalue weighted by Gasteiger charge is -2.18. The first-order valence-electron chi connectivity index (χ1n) is 23.7. The van der Waals surface area contributed by atoms with Crippen molar-refractivity contribution in [2.24, 2.45) is 11.8 Å². The van der Waals surface area contributed by atoms with Gasteiger partial charge in [-0.15, -0.1) is 0 Å². The van der Waals surface area contributed by atoms with Crippen molar-refractivity contribution in [1.29, 1.82) is 0 Å². The first kappa shape index (κ1) is 52.4. The van der Waals surface area contributed by atoms with Gasteiger partial charge in [0.25, 0.3) is 0 Å². The zero-order chi connectivity index (χ0) is 39.7. The Hall–Kier alpha value is -1.59. The summed E-state index contributed by atoms with van der Waals surface area (Å²) < 4.78 is 16.7. The van der Waals surface area contributed by atoms with Crippen molar-refractivity contribution in [2.45, 2.75) is 265 Å². The first-order chi connectivity index (χ1) is 26.2. The molecule has 0 aliphatic heterocycles. The molecule has 0 aromatic rings. The highest BCUT2D eigenvalue weighted by Crippen LogP contribution is 2.17. The Morgan fingerprint density at radius 2 is 0.611 bits per heavy atom. The second kappa shape index (κ2) is 41.1. The molecular formula is C48H92O6. The van der Waals surface area contributed by atoms with Gasteiger partial charge >= 0.3 is 17.9 Å². The summed E-state index contributed by atoms with van der Waals surface area (Å²) >= 11 is 0. The molecule has 0 radical (unpaired) electrons. The Labute approximate surface area is 336 Å². The predicted molar refractivity (Wildman–Crippen MR) is 229 cm³/mol. The van der Waals surface area contributed by atoms with Gasteiger partial charge in [-0.3, -0.25) is 14.4 Å². The molecule has 0 aliphatic carbocycles. The van der Waals surface area contributed by atoms with Crippen LogP contribution >= 0.6 is 0 Å². The molecule has 0 saturated carbocycles. The molecule has 6 nitrogen and oxygen atoms in total. The number of ether oxygens (including phenoxy) is 3. The summed E-state index contributed by atoms with van der Waals surface area (Å²) in [7, 11) is 0. The van der Waals surface area contributed by atoms with Crippen molar-refractivity contribution in [3.05, 3.63) is 0 Å². The van der Waals surface area contributed by atoms with E-state index in [4.69, 9.17) is 14.2 Å². The van der Waals surface area contributed by atoms with Crippen molar-refractivity contribution in [3.63, 3.8) is 0 Å². The molecule has 320 valence electrons. The Morgan fingerprint density at radius 1 is 0.352 bits per heavy atom. The summed E-state index contributed by atoms with van der Waals surface area (Å²) in [5, 5.41) is 0. The van der Waals surface area contributed by atoms with Crippen molar-refractivity contribution in [3.8, 4) is 0 Å². The lowest BCUT2D eigenvalue weighted by atomic mass is 10.0. The second-order valence-corrected chi connectivity index (χ2v) is 17.3. The molecule has 0 aliphatic rings. The maximum atomic E-state index is 12.7.